The molecule has 0 fully saturated rings. The maximum absolute atomic E-state index is 11.9. The summed E-state index contributed by atoms with van der Waals surface area (Å²) in [5.41, 5.74) is 2.70. The Labute approximate surface area is 112 Å². The van der Waals surface area contributed by atoms with Gasteiger partial charge < -0.3 is 0 Å². The number of rotatable bonds is 3. The Hall–Kier alpha value is -1.86. The third kappa shape index (κ3) is 3.31. The summed E-state index contributed by atoms with van der Waals surface area (Å²) in [6.07, 6.45) is 3.34. The molecule has 0 atom stereocenters. The molecule has 0 aliphatic rings. The standard InChI is InChI=1S/C16H13ClO/c1-12-4-2-6-14(10-12)16(18)9-8-13-5-3-7-15(17)11-13/h2-11H,1H3/b9-8+. The largest absolute Gasteiger partial charge is 0.289 e. The van der Waals surface area contributed by atoms with Crippen LogP contribution >= 0.6 is 11.6 Å². The third-order valence-corrected chi connectivity index (χ3v) is 2.81. The van der Waals surface area contributed by atoms with E-state index in [2.05, 4.69) is 0 Å². The van der Waals surface area contributed by atoms with Gasteiger partial charge in [0.25, 0.3) is 0 Å². The van der Waals surface area contributed by atoms with Gasteiger partial charge in [-0.2, -0.15) is 0 Å². The first-order valence-corrected chi connectivity index (χ1v) is 6.07. The van der Waals surface area contributed by atoms with Gasteiger partial charge in [0.05, 0.1) is 0 Å². The molecule has 0 spiro atoms. The molecular weight excluding hydrogens is 244 g/mol. The molecule has 0 N–H and O–H groups in total. The van der Waals surface area contributed by atoms with Gasteiger partial charge in [0.15, 0.2) is 5.78 Å². The number of hydrogen-bond donors (Lipinski definition) is 0. The van der Waals surface area contributed by atoms with Crippen molar-refractivity contribution in [3.05, 3.63) is 76.3 Å². The van der Waals surface area contributed by atoms with E-state index in [9.17, 15) is 4.79 Å². The predicted molar refractivity (Wildman–Crippen MR) is 76.0 cm³/mol. The Morgan fingerprint density at radius 2 is 1.89 bits per heavy atom. The van der Waals surface area contributed by atoms with Crippen molar-refractivity contribution >= 4 is 23.5 Å². The summed E-state index contributed by atoms with van der Waals surface area (Å²) in [7, 11) is 0. The van der Waals surface area contributed by atoms with E-state index in [0.717, 1.165) is 11.1 Å². The summed E-state index contributed by atoms with van der Waals surface area (Å²) in [4.78, 5) is 11.9. The van der Waals surface area contributed by atoms with E-state index in [-0.39, 0.29) is 5.78 Å². The molecule has 1 nitrogen and oxygen atoms in total. The summed E-state index contributed by atoms with van der Waals surface area (Å²) < 4.78 is 0. The van der Waals surface area contributed by atoms with E-state index in [4.69, 9.17) is 11.6 Å². The lowest BCUT2D eigenvalue weighted by atomic mass is 10.1. The van der Waals surface area contributed by atoms with Crippen LogP contribution in [0.5, 0.6) is 0 Å². The van der Waals surface area contributed by atoms with Gasteiger partial charge in [0.2, 0.25) is 0 Å². The lowest BCUT2D eigenvalue weighted by Crippen LogP contribution is -1.94. The number of ketones is 1. The van der Waals surface area contributed by atoms with Crippen molar-refractivity contribution in [2.24, 2.45) is 0 Å². The van der Waals surface area contributed by atoms with Crippen LogP contribution in [0.25, 0.3) is 6.08 Å². The summed E-state index contributed by atoms with van der Waals surface area (Å²) in [6, 6.07) is 14.9. The van der Waals surface area contributed by atoms with E-state index in [1.165, 1.54) is 0 Å². The molecule has 0 aromatic heterocycles. The first kappa shape index (κ1) is 12.6. The van der Waals surface area contributed by atoms with Crippen molar-refractivity contribution in [2.75, 3.05) is 0 Å². The first-order chi connectivity index (χ1) is 8.65. The van der Waals surface area contributed by atoms with Crippen LogP contribution in [0.15, 0.2) is 54.6 Å². The second kappa shape index (κ2) is 5.65. The number of carbonyl (C=O) groups is 1. The minimum atomic E-state index is -0.00123. The van der Waals surface area contributed by atoms with E-state index < -0.39 is 0 Å². The van der Waals surface area contributed by atoms with Gasteiger partial charge in [-0.1, -0.05) is 53.6 Å². The molecular formula is C16H13ClO. The molecule has 2 rings (SSSR count). The van der Waals surface area contributed by atoms with Gasteiger partial charge in [0, 0.05) is 10.6 Å². The zero-order valence-electron chi connectivity index (χ0n) is 10.1. The van der Waals surface area contributed by atoms with E-state index in [0.29, 0.717) is 10.6 Å². The molecule has 18 heavy (non-hydrogen) atoms. The fourth-order valence-electron chi connectivity index (χ4n) is 1.68. The topological polar surface area (TPSA) is 17.1 Å². The fourth-order valence-corrected chi connectivity index (χ4v) is 1.88. The van der Waals surface area contributed by atoms with Crippen LogP contribution in [0.2, 0.25) is 5.02 Å². The van der Waals surface area contributed by atoms with Gasteiger partial charge in [-0.3, -0.25) is 4.79 Å². The molecule has 2 aromatic carbocycles. The smallest absolute Gasteiger partial charge is 0.185 e. The average molecular weight is 257 g/mol. The highest BCUT2D eigenvalue weighted by Gasteiger charge is 2.01. The molecule has 0 aliphatic heterocycles. The Morgan fingerprint density at radius 1 is 1.11 bits per heavy atom. The lowest BCUT2D eigenvalue weighted by molar-refractivity contribution is 0.104. The normalized spacial score (nSPS) is 10.8. The number of benzene rings is 2. The molecule has 0 radical (unpaired) electrons. The highest BCUT2D eigenvalue weighted by molar-refractivity contribution is 6.30. The van der Waals surface area contributed by atoms with E-state index in [1.54, 1.807) is 18.2 Å². The van der Waals surface area contributed by atoms with Crippen LogP contribution in [-0.4, -0.2) is 5.78 Å². The van der Waals surface area contributed by atoms with Crippen molar-refractivity contribution in [3.63, 3.8) is 0 Å². The van der Waals surface area contributed by atoms with Gasteiger partial charge in [-0.05, 0) is 36.8 Å². The average Bonchev–Trinajstić information content (AvgIpc) is 2.36. The minimum Gasteiger partial charge on any atom is -0.289 e. The Morgan fingerprint density at radius 3 is 2.61 bits per heavy atom. The summed E-state index contributed by atoms with van der Waals surface area (Å²) in [6.45, 7) is 1.97. The molecule has 90 valence electrons. The maximum atomic E-state index is 11.9. The van der Waals surface area contributed by atoms with Crippen molar-refractivity contribution < 1.29 is 4.79 Å². The van der Waals surface area contributed by atoms with Gasteiger partial charge in [-0.15, -0.1) is 0 Å². The molecule has 0 bridgehead atoms. The predicted octanol–water partition coefficient (Wildman–Crippen LogP) is 4.54. The van der Waals surface area contributed by atoms with Gasteiger partial charge >= 0.3 is 0 Å². The molecule has 2 heteroatoms. The van der Waals surface area contributed by atoms with Crippen LogP contribution in [0.3, 0.4) is 0 Å². The zero-order valence-corrected chi connectivity index (χ0v) is 10.8. The molecule has 0 amide bonds. The quantitative estimate of drug-likeness (QED) is 0.582. The molecule has 0 heterocycles. The van der Waals surface area contributed by atoms with Crippen LogP contribution in [0.4, 0.5) is 0 Å². The fraction of sp³-hybridized carbons (Fsp3) is 0.0625. The molecule has 2 aromatic rings. The zero-order chi connectivity index (χ0) is 13.0. The van der Waals surface area contributed by atoms with Crippen molar-refractivity contribution in [1.29, 1.82) is 0 Å². The van der Waals surface area contributed by atoms with Crippen LogP contribution in [0.1, 0.15) is 21.5 Å². The second-order valence-corrected chi connectivity index (χ2v) is 4.56. The van der Waals surface area contributed by atoms with Crippen LogP contribution < -0.4 is 0 Å². The molecule has 0 aliphatic carbocycles. The number of hydrogen-bond acceptors (Lipinski definition) is 1. The summed E-state index contributed by atoms with van der Waals surface area (Å²) in [5.74, 6) is -0.00123. The van der Waals surface area contributed by atoms with Crippen molar-refractivity contribution in [3.8, 4) is 0 Å². The van der Waals surface area contributed by atoms with Gasteiger partial charge in [-0.25, -0.2) is 0 Å². The minimum absolute atomic E-state index is 0.00123. The van der Waals surface area contributed by atoms with Crippen LogP contribution in [-0.2, 0) is 0 Å². The van der Waals surface area contributed by atoms with Crippen LogP contribution in [0, 0.1) is 6.92 Å². The number of allylic oxidation sites excluding steroid dienone is 1. The second-order valence-electron chi connectivity index (χ2n) is 4.12. The highest BCUT2D eigenvalue weighted by Crippen LogP contribution is 2.13. The molecule has 0 saturated carbocycles. The number of halogens is 1. The number of aryl methyl sites for hydroxylation is 1. The highest BCUT2D eigenvalue weighted by atomic mass is 35.5. The summed E-state index contributed by atoms with van der Waals surface area (Å²) >= 11 is 5.88. The molecule has 0 saturated heterocycles. The van der Waals surface area contributed by atoms with Crippen molar-refractivity contribution in [1.82, 2.24) is 0 Å². The van der Waals surface area contributed by atoms with Crippen molar-refractivity contribution in [2.45, 2.75) is 6.92 Å². The monoisotopic (exact) mass is 256 g/mol. The van der Waals surface area contributed by atoms with E-state index in [1.807, 2.05) is 49.4 Å². The lowest BCUT2D eigenvalue weighted by Gasteiger charge is -1.98. The van der Waals surface area contributed by atoms with E-state index >= 15 is 0 Å². The number of carbonyl (C=O) groups excluding carboxylic acids is 1. The third-order valence-electron chi connectivity index (χ3n) is 2.58. The SMILES string of the molecule is Cc1cccc(C(=O)/C=C/c2cccc(Cl)c2)c1. The molecule has 0 unspecified atom stereocenters. The van der Waals surface area contributed by atoms with Gasteiger partial charge in [0.1, 0.15) is 0 Å². The Kier molecular flexibility index (Phi) is 3.96. The Bertz CT molecular complexity index is 600. The first-order valence-electron chi connectivity index (χ1n) is 5.70. The Balaban J connectivity index is 2.17. The summed E-state index contributed by atoms with van der Waals surface area (Å²) in [5, 5.41) is 0.667. The maximum Gasteiger partial charge on any atom is 0.185 e.